The molecular weight excluding hydrogens is 220 g/mol. The third-order valence-electron chi connectivity index (χ3n) is 3.16. The van der Waals surface area contributed by atoms with Gasteiger partial charge in [-0.2, -0.15) is 0 Å². The van der Waals surface area contributed by atoms with Gasteiger partial charge in [-0.3, -0.25) is 10.1 Å². The van der Waals surface area contributed by atoms with Crippen molar-refractivity contribution in [2.24, 2.45) is 11.7 Å². The number of hydrogen-bond acceptors (Lipinski definition) is 4. The highest BCUT2D eigenvalue weighted by molar-refractivity contribution is 5.32. The van der Waals surface area contributed by atoms with E-state index in [2.05, 4.69) is 0 Å². The summed E-state index contributed by atoms with van der Waals surface area (Å²) >= 11 is 0. The van der Waals surface area contributed by atoms with Crippen molar-refractivity contribution in [3.63, 3.8) is 0 Å². The topological polar surface area (TPSA) is 78.4 Å². The molecule has 0 atom stereocenters. The molecule has 0 aliphatic heterocycles. The summed E-state index contributed by atoms with van der Waals surface area (Å²) in [4.78, 5) is 10.1. The summed E-state index contributed by atoms with van der Waals surface area (Å²) in [5.41, 5.74) is 6.61. The van der Waals surface area contributed by atoms with Crippen molar-refractivity contribution in [2.75, 3.05) is 6.54 Å². The van der Waals surface area contributed by atoms with Gasteiger partial charge >= 0.3 is 0 Å². The number of ether oxygens (including phenoxy) is 1. The third-order valence-corrected chi connectivity index (χ3v) is 3.16. The van der Waals surface area contributed by atoms with Crippen molar-refractivity contribution < 1.29 is 9.66 Å². The standard InChI is InChI=1S/C12H16N2O3/c13-7-10-5-12(6-10)17-8-9-1-3-11(4-2-9)14(15)16/h1-4,10,12H,5-8,13H2. The van der Waals surface area contributed by atoms with Crippen molar-refractivity contribution in [3.05, 3.63) is 39.9 Å². The molecule has 1 aliphatic rings. The minimum Gasteiger partial charge on any atom is -0.374 e. The van der Waals surface area contributed by atoms with Crippen LogP contribution in [0.4, 0.5) is 5.69 Å². The predicted molar refractivity (Wildman–Crippen MR) is 63.5 cm³/mol. The average molecular weight is 236 g/mol. The molecule has 0 unspecified atom stereocenters. The van der Waals surface area contributed by atoms with E-state index in [0.717, 1.165) is 24.9 Å². The molecule has 92 valence electrons. The molecule has 0 amide bonds. The number of rotatable bonds is 5. The zero-order valence-corrected chi connectivity index (χ0v) is 9.54. The molecule has 17 heavy (non-hydrogen) atoms. The Morgan fingerprint density at radius 1 is 1.35 bits per heavy atom. The van der Waals surface area contributed by atoms with E-state index in [4.69, 9.17) is 10.5 Å². The third kappa shape index (κ3) is 3.01. The smallest absolute Gasteiger partial charge is 0.269 e. The monoisotopic (exact) mass is 236 g/mol. The molecule has 0 spiro atoms. The summed E-state index contributed by atoms with van der Waals surface area (Å²) in [6, 6.07) is 6.47. The molecule has 2 N–H and O–H groups in total. The van der Waals surface area contributed by atoms with Gasteiger partial charge in [0.05, 0.1) is 17.6 Å². The molecule has 2 rings (SSSR count). The van der Waals surface area contributed by atoms with Crippen LogP contribution in [0.5, 0.6) is 0 Å². The summed E-state index contributed by atoms with van der Waals surface area (Å²) in [6.07, 6.45) is 2.37. The minimum absolute atomic E-state index is 0.112. The zero-order valence-electron chi connectivity index (χ0n) is 9.54. The summed E-state index contributed by atoms with van der Waals surface area (Å²) in [5, 5.41) is 10.5. The Labute approximate surface area is 99.7 Å². The first-order valence-corrected chi connectivity index (χ1v) is 5.74. The van der Waals surface area contributed by atoms with Gasteiger partial charge in [-0.05, 0) is 43.0 Å². The predicted octanol–water partition coefficient (Wildman–Crippen LogP) is 1.85. The normalized spacial score (nSPS) is 23.1. The highest BCUT2D eigenvalue weighted by atomic mass is 16.6. The summed E-state index contributed by atoms with van der Waals surface area (Å²) in [5.74, 6) is 0.608. The minimum atomic E-state index is -0.400. The fraction of sp³-hybridized carbons (Fsp3) is 0.500. The molecule has 1 aromatic carbocycles. The Morgan fingerprint density at radius 3 is 2.53 bits per heavy atom. The lowest BCUT2D eigenvalue weighted by atomic mass is 9.82. The maximum atomic E-state index is 10.5. The first-order chi connectivity index (χ1) is 8.19. The maximum absolute atomic E-state index is 10.5. The molecule has 1 saturated carbocycles. The lowest BCUT2D eigenvalue weighted by Gasteiger charge is -2.34. The lowest BCUT2D eigenvalue weighted by Crippen LogP contribution is -2.35. The molecular formula is C12H16N2O3. The molecule has 0 bridgehead atoms. The van der Waals surface area contributed by atoms with E-state index in [9.17, 15) is 10.1 Å². The van der Waals surface area contributed by atoms with E-state index in [0.29, 0.717) is 18.6 Å². The largest absolute Gasteiger partial charge is 0.374 e. The Morgan fingerprint density at radius 2 is 2.00 bits per heavy atom. The SMILES string of the molecule is NCC1CC(OCc2ccc([N+](=O)[O-])cc2)C1. The van der Waals surface area contributed by atoms with E-state index >= 15 is 0 Å². The van der Waals surface area contributed by atoms with Gasteiger partial charge in [0, 0.05) is 12.1 Å². The molecule has 1 aromatic rings. The quantitative estimate of drug-likeness (QED) is 0.625. The van der Waals surface area contributed by atoms with Gasteiger partial charge in [-0.1, -0.05) is 0 Å². The molecule has 0 aromatic heterocycles. The molecule has 5 heteroatoms. The van der Waals surface area contributed by atoms with Crippen LogP contribution < -0.4 is 5.73 Å². The highest BCUT2D eigenvalue weighted by Gasteiger charge is 2.28. The molecule has 1 fully saturated rings. The first-order valence-electron chi connectivity index (χ1n) is 5.74. The lowest BCUT2D eigenvalue weighted by molar-refractivity contribution is -0.384. The van der Waals surface area contributed by atoms with Gasteiger partial charge in [0.25, 0.3) is 5.69 Å². The molecule has 5 nitrogen and oxygen atoms in total. The van der Waals surface area contributed by atoms with Crippen LogP contribution in [-0.4, -0.2) is 17.6 Å². The molecule has 0 heterocycles. The van der Waals surface area contributed by atoms with E-state index in [1.165, 1.54) is 12.1 Å². The number of nitrogens with zero attached hydrogens (tertiary/aromatic N) is 1. The summed E-state index contributed by atoms with van der Waals surface area (Å²) in [7, 11) is 0. The molecule has 0 radical (unpaired) electrons. The average Bonchev–Trinajstić information content (AvgIpc) is 2.28. The van der Waals surface area contributed by atoms with E-state index in [1.807, 2.05) is 0 Å². The Bertz CT molecular complexity index is 385. The van der Waals surface area contributed by atoms with Crippen molar-refractivity contribution in [1.29, 1.82) is 0 Å². The van der Waals surface area contributed by atoms with Crippen molar-refractivity contribution >= 4 is 5.69 Å². The molecule has 0 saturated heterocycles. The summed E-state index contributed by atoms with van der Waals surface area (Å²) in [6.45, 7) is 1.25. The second-order valence-electron chi connectivity index (χ2n) is 4.43. The van der Waals surface area contributed by atoms with Gasteiger partial charge in [0.2, 0.25) is 0 Å². The van der Waals surface area contributed by atoms with Crippen molar-refractivity contribution in [1.82, 2.24) is 0 Å². The van der Waals surface area contributed by atoms with Crippen LogP contribution in [0.2, 0.25) is 0 Å². The maximum Gasteiger partial charge on any atom is 0.269 e. The second-order valence-corrected chi connectivity index (χ2v) is 4.43. The van der Waals surface area contributed by atoms with Gasteiger partial charge in [-0.25, -0.2) is 0 Å². The van der Waals surface area contributed by atoms with E-state index in [-0.39, 0.29) is 5.69 Å². The number of nitro groups is 1. The first kappa shape index (κ1) is 12.0. The van der Waals surface area contributed by atoms with Crippen LogP contribution in [-0.2, 0) is 11.3 Å². The Kier molecular flexibility index (Phi) is 3.71. The van der Waals surface area contributed by atoms with Crippen molar-refractivity contribution in [2.45, 2.75) is 25.6 Å². The number of hydrogen-bond donors (Lipinski definition) is 1. The van der Waals surface area contributed by atoms with Crippen molar-refractivity contribution in [3.8, 4) is 0 Å². The molecule has 1 aliphatic carbocycles. The van der Waals surface area contributed by atoms with Crippen LogP contribution in [0.3, 0.4) is 0 Å². The van der Waals surface area contributed by atoms with Crippen LogP contribution in [0.25, 0.3) is 0 Å². The van der Waals surface area contributed by atoms with E-state index in [1.54, 1.807) is 12.1 Å². The van der Waals surface area contributed by atoms with Gasteiger partial charge in [-0.15, -0.1) is 0 Å². The Hall–Kier alpha value is -1.46. The van der Waals surface area contributed by atoms with Crippen LogP contribution in [0, 0.1) is 16.0 Å². The van der Waals surface area contributed by atoms with E-state index < -0.39 is 4.92 Å². The van der Waals surface area contributed by atoms with Gasteiger partial charge < -0.3 is 10.5 Å². The summed E-state index contributed by atoms with van der Waals surface area (Å²) < 4.78 is 5.67. The number of benzene rings is 1. The fourth-order valence-corrected chi connectivity index (χ4v) is 1.93. The van der Waals surface area contributed by atoms with Gasteiger partial charge in [0.15, 0.2) is 0 Å². The number of nitrogens with two attached hydrogens (primary N) is 1. The number of non-ortho nitro benzene ring substituents is 1. The number of nitro benzene ring substituents is 1. The van der Waals surface area contributed by atoms with Crippen LogP contribution in [0.15, 0.2) is 24.3 Å². The Balaban J connectivity index is 1.78. The highest BCUT2D eigenvalue weighted by Crippen LogP contribution is 2.29. The van der Waals surface area contributed by atoms with Crippen LogP contribution >= 0.6 is 0 Å². The fourth-order valence-electron chi connectivity index (χ4n) is 1.93. The van der Waals surface area contributed by atoms with Crippen LogP contribution in [0.1, 0.15) is 18.4 Å². The zero-order chi connectivity index (χ0) is 12.3. The van der Waals surface area contributed by atoms with Gasteiger partial charge in [0.1, 0.15) is 0 Å². The second kappa shape index (κ2) is 5.25.